The zero-order valence-electron chi connectivity index (χ0n) is 49.1. The summed E-state index contributed by atoms with van der Waals surface area (Å²) in [6.07, 6.45) is 13.5. The number of carbonyl (C=O) groups is 5. The minimum atomic E-state index is -2.46. The fourth-order valence-electron chi connectivity index (χ4n) is 12.1. The van der Waals surface area contributed by atoms with Crippen LogP contribution in [-0.4, -0.2) is 184 Å². The molecule has 0 aromatic carbocycles. The van der Waals surface area contributed by atoms with E-state index in [2.05, 4.69) is 11.8 Å². The SMILES string of the molecule is COCCO[C@H]1C[C@@H]2CC[C@@H](C)[C@@](O)(O2)C(=O)C(=O)N2CCCC[C@H]2C(=O)O[C@H](C(C)C[C@@H]2CC[C@@H](OCCCN3CCO[C@H](C)C3)[C@H](OC)C2)CC(=O)[C@H](C)/C=C(\C)[C@@H](O)[C@@H](OC)C(=O)[C@H](C)C[C@H](C)/C=C/C=CC=C1C. The second-order valence-corrected chi connectivity index (χ2v) is 23.4. The summed E-state index contributed by atoms with van der Waals surface area (Å²) >= 11 is 0. The first kappa shape index (κ1) is 65.3. The number of hydrogen-bond donors (Lipinski definition) is 2. The highest BCUT2D eigenvalue weighted by atomic mass is 16.6. The van der Waals surface area contributed by atoms with Crippen LogP contribution in [0.15, 0.2) is 47.6 Å². The monoisotopic (exact) mass is 1100 g/mol. The van der Waals surface area contributed by atoms with Crippen molar-refractivity contribution in [3.05, 3.63) is 47.6 Å². The maximum absolute atomic E-state index is 14.7. The van der Waals surface area contributed by atoms with Crippen molar-refractivity contribution in [2.75, 3.05) is 73.9 Å². The molecule has 78 heavy (non-hydrogen) atoms. The van der Waals surface area contributed by atoms with Crippen LogP contribution in [0.3, 0.4) is 0 Å². The Bertz CT molecular complexity index is 2060. The minimum absolute atomic E-state index is 0.00343. The van der Waals surface area contributed by atoms with Crippen LogP contribution in [0.2, 0.25) is 0 Å². The number of aliphatic hydroxyl groups excluding tert-OH is 1. The molecule has 1 aliphatic carbocycles. The van der Waals surface area contributed by atoms with Gasteiger partial charge in [0.2, 0.25) is 5.79 Å². The summed E-state index contributed by atoms with van der Waals surface area (Å²) < 4.78 is 48.0. The third kappa shape index (κ3) is 18.8. The van der Waals surface area contributed by atoms with Gasteiger partial charge in [0.15, 0.2) is 5.78 Å². The Balaban J connectivity index is 1.41. The topological polar surface area (TPSA) is 206 Å². The highest BCUT2D eigenvalue weighted by Gasteiger charge is 2.53. The second-order valence-electron chi connectivity index (χ2n) is 23.4. The average Bonchev–Trinajstić information content (AvgIpc) is 3.44. The van der Waals surface area contributed by atoms with Crippen molar-refractivity contribution < 1.29 is 72.1 Å². The van der Waals surface area contributed by atoms with Gasteiger partial charge in [-0.1, -0.05) is 71.1 Å². The van der Waals surface area contributed by atoms with Gasteiger partial charge in [-0.05, 0) is 120 Å². The van der Waals surface area contributed by atoms with Crippen molar-refractivity contribution in [3.63, 3.8) is 0 Å². The maximum atomic E-state index is 14.7. The Hall–Kier alpha value is -3.49. The highest BCUT2D eigenvalue weighted by molar-refractivity contribution is 6.39. The largest absolute Gasteiger partial charge is 0.460 e. The number of amides is 1. The van der Waals surface area contributed by atoms with Crippen LogP contribution >= 0.6 is 0 Å². The molecule has 0 radical (unpaired) electrons. The molecule has 1 amide bonds. The summed E-state index contributed by atoms with van der Waals surface area (Å²) in [4.78, 5) is 75.6. The molecular formula is C61H98N2O15. The van der Waals surface area contributed by atoms with Crippen LogP contribution in [0.1, 0.15) is 139 Å². The van der Waals surface area contributed by atoms with E-state index in [0.717, 1.165) is 57.5 Å². The van der Waals surface area contributed by atoms with Crippen molar-refractivity contribution in [3.8, 4) is 0 Å². The third-order valence-electron chi connectivity index (χ3n) is 17.1. The van der Waals surface area contributed by atoms with E-state index in [1.807, 2.05) is 58.1 Å². The summed E-state index contributed by atoms with van der Waals surface area (Å²) in [7, 11) is 4.68. The first-order chi connectivity index (χ1) is 37.2. The van der Waals surface area contributed by atoms with Gasteiger partial charge in [0.25, 0.3) is 11.7 Å². The molecule has 4 aliphatic heterocycles. The number of carbonyl (C=O) groups excluding carboxylic acids is 5. The molecular weight excluding hydrogens is 1000 g/mol. The van der Waals surface area contributed by atoms with Gasteiger partial charge < -0.3 is 53.0 Å². The highest BCUT2D eigenvalue weighted by Crippen LogP contribution is 2.38. The number of ketones is 3. The third-order valence-corrected chi connectivity index (χ3v) is 17.1. The Morgan fingerprint density at radius 2 is 1.59 bits per heavy atom. The molecule has 1 unspecified atom stereocenters. The summed E-state index contributed by atoms with van der Waals surface area (Å²) in [5.74, 6) is -7.94. The lowest BCUT2D eigenvalue weighted by Gasteiger charge is -2.43. The molecule has 4 heterocycles. The molecule has 1 saturated carbocycles. The maximum Gasteiger partial charge on any atom is 0.329 e. The summed E-state index contributed by atoms with van der Waals surface area (Å²) in [5, 5.41) is 23.8. The van der Waals surface area contributed by atoms with Gasteiger partial charge in [0.05, 0.1) is 50.3 Å². The zero-order chi connectivity index (χ0) is 57.1. The number of methoxy groups -OCH3 is 3. The van der Waals surface area contributed by atoms with Crippen molar-refractivity contribution in [2.24, 2.45) is 35.5 Å². The number of allylic oxidation sites excluding steroid dienone is 6. The summed E-state index contributed by atoms with van der Waals surface area (Å²) in [6, 6.07) is -1.15. The fraction of sp³-hybridized carbons (Fsp3) is 0.787. The van der Waals surface area contributed by atoms with Crippen LogP contribution in [0.5, 0.6) is 0 Å². The smallest absolute Gasteiger partial charge is 0.329 e. The summed E-state index contributed by atoms with van der Waals surface area (Å²) in [5.41, 5.74) is 1.26. The van der Waals surface area contributed by atoms with Gasteiger partial charge in [0, 0.05) is 84.7 Å². The molecule has 5 rings (SSSR count). The molecule has 0 aromatic rings. The number of Topliss-reactive ketones (excluding diaryl/α,β-unsaturated/α-hetero) is 3. The van der Waals surface area contributed by atoms with E-state index in [-0.39, 0.29) is 80.0 Å². The predicted molar refractivity (Wildman–Crippen MR) is 296 cm³/mol. The van der Waals surface area contributed by atoms with E-state index in [4.69, 9.17) is 37.9 Å². The van der Waals surface area contributed by atoms with Crippen molar-refractivity contribution in [1.29, 1.82) is 0 Å². The standard InChI is InChI=1S/C61H98N2O15/c1-39-18-13-12-14-19-40(2)52(76-31-30-71-9)36-48-23-21-45(7)61(70,78-48)58(67)59(68)63-26-16-15-20-49(63)60(69)77-53(37-50(64)41(3)33-44(6)56(66)57(73-11)55(65)43(5)32-39)42(4)34-47-22-24-51(54(35-47)72-10)75-28-17-25-62-27-29-74-46(8)38-62/h12-14,18-19,33,39,41-43,45-49,51-54,56-57,66,70H,15-17,20-32,34-38H2,1-11H3/b14-12?,18-13+,40-19?,44-33+/t39-,41-,42?,43-,45-,46-,47+,48+,49+,51-,52+,53+,54-,56-,57+,61-/m1/s1. The number of rotatable bonds is 14. The van der Waals surface area contributed by atoms with Gasteiger partial charge in [0.1, 0.15) is 30.1 Å². The van der Waals surface area contributed by atoms with Gasteiger partial charge in [-0.25, -0.2) is 4.79 Å². The van der Waals surface area contributed by atoms with E-state index in [1.54, 1.807) is 41.1 Å². The Kier molecular flexibility index (Phi) is 27.0. The van der Waals surface area contributed by atoms with Crippen LogP contribution in [0.4, 0.5) is 0 Å². The lowest BCUT2D eigenvalue weighted by atomic mass is 9.78. The average molecular weight is 1100 g/mol. The molecule has 0 spiro atoms. The Morgan fingerprint density at radius 3 is 2.31 bits per heavy atom. The lowest BCUT2D eigenvalue weighted by molar-refractivity contribution is -0.266. The first-order valence-corrected chi connectivity index (χ1v) is 29.2. The van der Waals surface area contributed by atoms with E-state index < -0.39 is 77.8 Å². The molecule has 0 aromatic heterocycles. The van der Waals surface area contributed by atoms with Crippen molar-refractivity contribution >= 4 is 29.2 Å². The number of morpholine rings is 1. The molecule has 442 valence electrons. The zero-order valence-corrected chi connectivity index (χ0v) is 49.1. The summed E-state index contributed by atoms with van der Waals surface area (Å²) in [6.45, 7) is 19.8. The number of cyclic esters (lactones) is 1. The van der Waals surface area contributed by atoms with Crippen LogP contribution in [-0.2, 0) is 61.9 Å². The van der Waals surface area contributed by atoms with E-state index in [1.165, 1.54) is 12.0 Å². The molecule has 2 N–H and O–H groups in total. The lowest BCUT2D eigenvalue weighted by Crippen LogP contribution is -2.61. The number of nitrogens with zero attached hydrogens (tertiary/aromatic N) is 2. The number of aliphatic hydroxyl groups is 2. The number of piperidine rings is 1. The second kappa shape index (κ2) is 32.2. The van der Waals surface area contributed by atoms with Crippen LogP contribution in [0, 0.1) is 35.5 Å². The van der Waals surface area contributed by atoms with Crippen LogP contribution < -0.4 is 0 Å². The molecule has 16 atom stereocenters. The number of ether oxygens (including phenoxy) is 8. The Labute approximate surface area is 466 Å². The van der Waals surface area contributed by atoms with Crippen molar-refractivity contribution in [1.82, 2.24) is 9.80 Å². The number of hydrogen-bond acceptors (Lipinski definition) is 16. The quantitative estimate of drug-likeness (QED) is 0.0756. The van der Waals surface area contributed by atoms with E-state index in [0.29, 0.717) is 57.3 Å². The van der Waals surface area contributed by atoms with E-state index in [9.17, 15) is 34.2 Å². The van der Waals surface area contributed by atoms with Gasteiger partial charge >= 0.3 is 5.97 Å². The first-order valence-electron chi connectivity index (χ1n) is 29.2. The normalized spacial score (nSPS) is 37.0. The van der Waals surface area contributed by atoms with Crippen LogP contribution in [0.25, 0.3) is 0 Å². The molecule has 5 aliphatic rings. The Morgan fingerprint density at radius 1 is 0.821 bits per heavy atom. The molecule has 2 bridgehead atoms. The van der Waals surface area contributed by atoms with Gasteiger partial charge in [-0.2, -0.15) is 0 Å². The fourth-order valence-corrected chi connectivity index (χ4v) is 12.1. The minimum Gasteiger partial charge on any atom is -0.460 e. The molecule has 17 nitrogen and oxygen atoms in total. The van der Waals surface area contributed by atoms with Gasteiger partial charge in [-0.3, -0.25) is 24.1 Å². The molecule has 4 fully saturated rings. The number of fused-ring (bicyclic) bond motifs is 3. The molecule has 17 heteroatoms. The van der Waals surface area contributed by atoms with Gasteiger partial charge in [-0.15, -0.1) is 0 Å². The van der Waals surface area contributed by atoms with Crippen molar-refractivity contribution in [2.45, 2.75) is 200 Å². The number of esters is 1. The van der Waals surface area contributed by atoms with E-state index >= 15 is 0 Å². The molecule has 3 saturated heterocycles. The predicted octanol–water partition coefficient (Wildman–Crippen LogP) is 7.33.